The first-order valence-corrected chi connectivity index (χ1v) is 8.01. The van der Waals surface area contributed by atoms with Crippen molar-refractivity contribution in [2.75, 3.05) is 6.54 Å². The lowest BCUT2D eigenvalue weighted by Crippen LogP contribution is -2.53. The first kappa shape index (κ1) is 14.8. The molecule has 2 N–H and O–H groups in total. The summed E-state index contributed by atoms with van der Waals surface area (Å²) in [6, 6.07) is 0.601. The summed E-state index contributed by atoms with van der Waals surface area (Å²) in [7, 11) is 0. The van der Waals surface area contributed by atoms with Crippen molar-refractivity contribution in [1.29, 1.82) is 0 Å². The maximum absolute atomic E-state index is 13.1. The Morgan fingerprint density at radius 1 is 1.37 bits per heavy atom. The lowest BCUT2D eigenvalue weighted by Gasteiger charge is -2.42. The van der Waals surface area contributed by atoms with Gasteiger partial charge in [0.2, 0.25) is 5.91 Å². The molecule has 110 valence electrons. The molecule has 0 bridgehead atoms. The van der Waals surface area contributed by atoms with Gasteiger partial charge in [0, 0.05) is 24.0 Å². The van der Waals surface area contributed by atoms with E-state index >= 15 is 0 Å². The van der Waals surface area contributed by atoms with Crippen molar-refractivity contribution in [3.05, 3.63) is 0 Å². The highest BCUT2D eigenvalue weighted by molar-refractivity contribution is 5.83. The number of carbonyl (C=O) groups is 1. The van der Waals surface area contributed by atoms with Gasteiger partial charge in [0.25, 0.3) is 0 Å². The Hall–Kier alpha value is -0.570. The topological polar surface area (TPSA) is 46.3 Å². The summed E-state index contributed by atoms with van der Waals surface area (Å²) < 4.78 is 0. The van der Waals surface area contributed by atoms with Crippen LogP contribution in [-0.4, -0.2) is 29.4 Å². The van der Waals surface area contributed by atoms with Crippen molar-refractivity contribution in [3.8, 4) is 0 Å². The number of amides is 1. The minimum atomic E-state index is -0.0517. The van der Waals surface area contributed by atoms with Crippen molar-refractivity contribution in [3.63, 3.8) is 0 Å². The van der Waals surface area contributed by atoms with E-state index in [0.717, 1.165) is 38.6 Å². The minimum Gasteiger partial charge on any atom is -0.339 e. The second-order valence-corrected chi connectivity index (χ2v) is 7.22. The zero-order valence-corrected chi connectivity index (χ0v) is 12.8. The average Bonchev–Trinajstić information content (AvgIpc) is 2.77. The van der Waals surface area contributed by atoms with E-state index < -0.39 is 0 Å². The third-order valence-electron chi connectivity index (χ3n) is 4.99. The van der Waals surface area contributed by atoms with Crippen LogP contribution in [0.25, 0.3) is 0 Å². The van der Waals surface area contributed by atoms with Gasteiger partial charge in [-0.2, -0.15) is 0 Å². The van der Waals surface area contributed by atoms with Crippen LogP contribution in [0.5, 0.6) is 0 Å². The van der Waals surface area contributed by atoms with Gasteiger partial charge in [0.1, 0.15) is 0 Å². The Bertz CT molecular complexity index is 321. The quantitative estimate of drug-likeness (QED) is 0.853. The van der Waals surface area contributed by atoms with Crippen molar-refractivity contribution < 1.29 is 4.79 Å². The summed E-state index contributed by atoms with van der Waals surface area (Å²) in [5.41, 5.74) is 5.96. The Kier molecular flexibility index (Phi) is 4.54. The van der Waals surface area contributed by atoms with Crippen LogP contribution in [0.3, 0.4) is 0 Å². The Morgan fingerprint density at radius 3 is 2.53 bits per heavy atom. The van der Waals surface area contributed by atoms with Crippen molar-refractivity contribution in [2.24, 2.45) is 17.1 Å². The van der Waals surface area contributed by atoms with Gasteiger partial charge in [-0.15, -0.1) is 0 Å². The van der Waals surface area contributed by atoms with Crippen molar-refractivity contribution >= 4 is 5.91 Å². The molecule has 0 aromatic rings. The Balaban J connectivity index is 2.11. The average molecular weight is 266 g/mol. The molecular formula is C16H30N2O. The predicted octanol–water partition coefficient (Wildman–Crippen LogP) is 2.93. The summed E-state index contributed by atoms with van der Waals surface area (Å²) in [6.07, 6.45) is 7.62. The van der Waals surface area contributed by atoms with Crippen LogP contribution in [0.4, 0.5) is 0 Å². The second-order valence-electron chi connectivity index (χ2n) is 7.22. The number of hydrogen-bond acceptors (Lipinski definition) is 2. The molecule has 0 radical (unpaired) electrons. The lowest BCUT2D eigenvalue weighted by atomic mass is 9.76. The molecule has 1 heterocycles. The summed E-state index contributed by atoms with van der Waals surface area (Å²) in [5, 5.41) is 0. The molecule has 3 nitrogen and oxygen atoms in total. The molecule has 1 amide bonds. The lowest BCUT2D eigenvalue weighted by molar-refractivity contribution is -0.146. The summed E-state index contributed by atoms with van der Waals surface area (Å²) in [4.78, 5) is 15.2. The van der Waals surface area contributed by atoms with E-state index in [-0.39, 0.29) is 11.5 Å². The van der Waals surface area contributed by atoms with Crippen molar-refractivity contribution in [2.45, 2.75) is 77.8 Å². The summed E-state index contributed by atoms with van der Waals surface area (Å²) in [6.45, 7) is 7.50. The Labute approximate surface area is 117 Å². The van der Waals surface area contributed by atoms with E-state index in [1.807, 2.05) is 0 Å². The molecule has 1 aliphatic carbocycles. The molecule has 2 rings (SSSR count). The van der Waals surface area contributed by atoms with Gasteiger partial charge in [-0.3, -0.25) is 4.79 Å². The number of carbonyl (C=O) groups excluding carboxylic acids is 1. The van der Waals surface area contributed by atoms with E-state index in [2.05, 4.69) is 25.7 Å². The SMILES string of the molecule is CC(C)CC1(C(=O)N2CCC(N)CC2C)CCCC1. The normalized spacial score (nSPS) is 30.9. The van der Waals surface area contributed by atoms with Gasteiger partial charge in [0.05, 0.1) is 0 Å². The van der Waals surface area contributed by atoms with Gasteiger partial charge < -0.3 is 10.6 Å². The molecule has 1 aliphatic heterocycles. The molecule has 2 atom stereocenters. The Morgan fingerprint density at radius 2 is 2.00 bits per heavy atom. The minimum absolute atomic E-state index is 0.0517. The summed E-state index contributed by atoms with van der Waals surface area (Å²) >= 11 is 0. The number of nitrogens with two attached hydrogens (primary N) is 1. The maximum atomic E-state index is 13.1. The number of likely N-dealkylation sites (tertiary alicyclic amines) is 1. The van der Waals surface area contributed by atoms with Crippen LogP contribution in [0.1, 0.15) is 65.7 Å². The van der Waals surface area contributed by atoms with Crippen molar-refractivity contribution in [1.82, 2.24) is 4.90 Å². The molecule has 1 saturated carbocycles. The monoisotopic (exact) mass is 266 g/mol. The van der Waals surface area contributed by atoms with Gasteiger partial charge in [-0.1, -0.05) is 26.7 Å². The molecule has 0 aromatic carbocycles. The first-order valence-electron chi connectivity index (χ1n) is 8.01. The predicted molar refractivity (Wildman–Crippen MR) is 78.7 cm³/mol. The van der Waals surface area contributed by atoms with E-state index in [1.165, 1.54) is 12.8 Å². The van der Waals surface area contributed by atoms with Gasteiger partial charge in [-0.05, 0) is 44.9 Å². The third kappa shape index (κ3) is 3.13. The zero-order chi connectivity index (χ0) is 14.0. The number of nitrogens with zero attached hydrogens (tertiary/aromatic N) is 1. The second kappa shape index (κ2) is 5.82. The molecule has 2 aliphatic rings. The highest BCUT2D eigenvalue weighted by Crippen LogP contribution is 2.45. The van der Waals surface area contributed by atoms with Crippen LogP contribution < -0.4 is 5.73 Å². The highest BCUT2D eigenvalue weighted by Gasteiger charge is 2.45. The fraction of sp³-hybridized carbons (Fsp3) is 0.938. The molecular weight excluding hydrogens is 236 g/mol. The summed E-state index contributed by atoms with van der Waals surface area (Å²) in [5.74, 6) is 1.03. The van der Waals surface area contributed by atoms with Crippen LogP contribution in [0.2, 0.25) is 0 Å². The van der Waals surface area contributed by atoms with E-state index in [1.54, 1.807) is 0 Å². The number of rotatable bonds is 3. The van der Waals surface area contributed by atoms with Crippen LogP contribution >= 0.6 is 0 Å². The molecule has 3 heteroatoms. The fourth-order valence-corrected chi connectivity index (χ4v) is 4.15. The third-order valence-corrected chi connectivity index (χ3v) is 4.99. The van der Waals surface area contributed by atoms with Crippen LogP contribution in [-0.2, 0) is 4.79 Å². The fourth-order valence-electron chi connectivity index (χ4n) is 4.15. The zero-order valence-electron chi connectivity index (χ0n) is 12.8. The number of piperidine rings is 1. The molecule has 2 unspecified atom stereocenters. The highest BCUT2D eigenvalue weighted by atomic mass is 16.2. The van der Waals surface area contributed by atoms with E-state index in [4.69, 9.17) is 5.73 Å². The molecule has 19 heavy (non-hydrogen) atoms. The van der Waals surface area contributed by atoms with E-state index in [9.17, 15) is 4.79 Å². The standard InChI is InChI=1S/C16H30N2O/c1-12(2)11-16(7-4-5-8-16)15(19)18-9-6-14(17)10-13(18)3/h12-14H,4-11,17H2,1-3H3. The van der Waals surface area contributed by atoms with Gasteiger partial charge in [0.15, 0.2) is 0 Å². The van der Waals surface area contributed by atoms with Gasteiger partial charge >= 0.3 is 0 Å². The van der Waals surface area contributed by atoms with E-state index in [0.29, 0.717) is 17.9 Å². The smallest absolute Gasteiger partial charge is 0.229 e. The number of hydrogen-bond donors (Lipinski definition) is 1. The molecule has 2 fully saturated rings. The van der Waals surface area contributed by atoms with Crippen LogP contribution in [0.15, 0.2) is 0 Å². The maximum Gasteiger partial charge on any atom is 0.229 e. The first-order chi connectivity index (χ1) is 8.94. The molecule has 0 spiro atoms. The molecule has 1 saturated heterocycles. The molecule has 0 aromatic heterocycles. The van der Waals surface area contributed by atoms with Gasteiger partial charge in [-0.25, -0.2) is 0 Å². The van der Waals surface area contributed by atoms with Crippen LogP contribution in [0, 0.1) is 11.3 Å². The largest absolute Gasteiger partial charge is 0.339 e.